The van der Waals surface area contributed by atoms with Crippen molar-refractivity contribution < 1.29 is 21.1 Å². The minimum absolute atomic E-state index is 0. The molecule has 0 aliphatic carbocycles. The molecule has 0 aromatic heterocycles. The number of rotatable bonds is 0. The maximum atomic E-state index is 2.55. The van der Waals surface area contributed by atoms with Crippen LogP contribution in [0.15, 0.2) is 0 Å². The van der Waals surface area contributed by atoms with E-state index in [1.54, 1.807) is 0 Å². The van der Waals surface area contributed by atoms with E-state index < -0.39 is 0 Å². The molecule has 0 fully saturated rings. The summed E-state index contributed by atoms with van der Waals surface area (Å²) in [5.74, 6) is 0. The van der Waals surface area contributed by atoms with Crippen LogP contribution in [-0.4, -0.2) is 48.7 Å². The fourth-order valence-electron chi connectivity index (χ4n) is 0. The molecule has 0 aromatic rings. The third-order valence-corrected chi connectivity index (χ3v) is 0. The van der Waals surface area contributed by atoms with Gasteiger partial charge in [0, 0.05) is 21.1 Å². The summed E-state index contributed by atoms with van der Waals surface area (Å²) in [4.78, 5) is 0. The van der Waals surface area contributed by atoms with E-state index >= 15 is 0 Å². The van der Waals surface area contributed by atoms with Crippen molar-refractivity contribution in [2.45, 2.75) is 0 Å². The van der Waals surface area contributed by atoms with Crippen LogP contribution in [0.2, 0.25) is 0 Å². The average molecular weight is 465 g/mol. The Bertz CT molecular complexity index is 8.00. The summed E-state index contributed by atoms with van der Waals surface area (Å²) in [6, 6.07) is 0. The van der Waals surface area contributed by atoms with E-state index in [-0.39, 0.29) is 47.3 Å². The van der Waals surface area contributed by atoms with E-state index in [9.17, 15) is 0 Å². The van der Waals surface area contributed by atoms with E-state index in [1.165, 1.54) is 22.5 Å². The first kappa shape index (κ1) is 15.8. The molecule has 1 unspecified atom stereocenters. The second-order valence-corrected chi connectivity index (χ2v) is 0. The van der Waals surface area contributed by atoms with Crippen molar-refractivity contribution in [2.24, 2.45) is 0 Å². The van der Waals surface area contributed by atoms with Gasteiger partial charge in [-0.3, -0.25) is 0 Å². The molecule has 0 rings (SSSR count). The van der Waals surface area contributed by atoms with Crippen molar-refractivity contribution in [1.29, 1.82) is 0 Å². The Kier molecular flexibility index (Phi) is 67.3. The van der Waals surface area contributed by atoms with Crippen molar-refractivity contribution in [3.8, 4) is 0 Å². The third kappa shape index (κ3) is 8.84. The summed E-state index contributed by atoms with van der Waals surface area (Å²) in [6.07, 6.45) is 0. The van der Waals surface area contributed by atoms with Crippen LogP contribution in [-0.2, 0) is 21.1 Å². The van der Waals surface area contributed by atoms with Gasteiger partial charge in [-0.05, 0) is 0 Å². The Morgan fingerprint density at radius 3 is 1.25 bits per heavy atom. The molecule has 0 N–H and O–H groups in total. The molecule has 0 radical (unpaired) electrons. The molecule has 0 nitrogen and oxygen atoms in total. The van der Waals surface area contributed by atoms with Crippen LogP contribution in [0.25, 0.3) is 0 Å². The zero-order valence-corrected chi connectivity index (χ0v) is 14.2. The van der Waals surface area contributed by atoms with E-state index in [4.69, 9.17) is 0 Å². The Morgan fingerprint density at radius 2 is 1.25 bits per heavy atom. The molecular weight excluding hydrogens is 458 g/mol. The predicted molar refractivity (Wildman–Crippen MR) is 28.2 cm³/mol. The molecule has 4 heteroatoms. The Morgan fingerprint density at radius 1 is 1.25 bits per heavy atom. The molecule has 0 spiro atoms. The van der Waals surface area contributed by atoms with Gasteiger partial charge in [0.2, 0.25) is 0 Å². The summed E-state index contributed by atoms with van der Waals surface area (Å²) >= 11 is 1.27. The first-order valence-corrected chi connectivity index (χ1v) is 6.71. The maximum absolute atomic E-state index is 2.55. The van der Waals surface area contributed by atoms with Crippen LogP contribution in [0.3, 0.4) is 0 Å². The van der Waals surface area contributed by atoms with Gasteiger partial charge in [0.15, 0.2) is 0 Å². The van der Waals surface area contributed by atoms with Crippen molar-refractivity contribution in [3.63, 3.8) is 0 Å². The molecule has 4 heavy (non-hydrogen) atoms. The van der Waals surface area contributed by atoms with E-state index in [1.807, 2.05) is 0 Å². The molecule has 0 heterocycles. The van der Waals surface area contributed by atoms with Gasteiger partial charge in [-0.15, -0.1) is 0 Å². The van der Waals surface area contributed by atoms with Crippen LogP contribution in [0.1, 0.15) is 0 Å². The zero-order chi connectivity index (χ0) is 2.00. The molecule has 0 saturated heterocycles. The zero-order valence-electron chi connectivity index (χ0n) is 2.27. The van der Waals surface area contributed by atoms with Gasteiger partial charge in [-0.25, -0.2) is 0 Å². The molecule has 0 bridgehead atoms. The quantitative estimate of drug-likeness (QED) is 0.294. The van der Waals surface area contributed by atoms with Crippen molar-refractivity contribution in [3.05, 3.63) is 0 Å². The normalized spacial score (nSPS) is 1.50. The second-order valence-electron chi connectivity index (χ2n) is 0. The minimum atomic E-state index is 0. The van der Waals surface area contributed by atoms with Gasteiger partial charge in [0.05, 0.1) is 0 Å². The first-order chi connectivity index (χ1) is 1.00. The topological polar surface area (TPSA) is 0 Å². The molecule has 0 aliphatic rings. The monoisotopic (exact) mass is 466 g/mol. The summed E-state index contributed by atoms with van der Waals surface area (Å²) in [5.41, 5.74) is 0. The summed E-state index contributed by atoms with van der Waals surface area (Å²) in [6.45, 7) is 2.55. The van der Waals surface area contributed by atoms with E-state index in [0.29, 0.717) is 0 Å². The van der Waals surface area contributed by atoms with Gasteiger partial charge in [-0.1, -0.05) is 0 Å². The van der Waals surface area contributed by atoms with Crippen LogP contribution in [0, 0.1) is 0 Å². The summed E-state index contributed by atoms with van der Waals surface area (Å²) < 4.78 is 0. The van der Waals surface area contributed by atoms with Crippen LogP contribution in [0.5, 0.6) is 0 Å². The van der Waals surface area contributed by atoms with Gasteiger partial charge in [0.1, 0.15) is 0 Å². The summed E-state index contributed by atoms with van der Waals surface area (Å²) in [5, 5.41) is 0. The molecule has 28 valence electrons. The molecular formula is H7BiMoPSb. The summed E-state index contributed by atoms with van der Waals surface area (Å²) in [7, 11) is 0. The SMILES string of the molecule is [BiH3].[Mo].[PH2][SbH2]. The van der Waals surface area contributed by atoms with E-state index in [2.05, 4.69) is 6.81 Å². The Hall–Kier alpha value is 2.82. The predicted octanol–water partition coefficient (Wildman–Crippen LogP) is -1.78. The van der Waals surface area contributed by atoms with Crippen LogP contribution in [0.4, 0.5) is 0 Å². The number of hydrogen-bond acceptors (Lipinski definition) is 0. The fourth-order valence-corrected chi connectivity index (χ4v) is 0. The molecule has 0 aliphatic heterocycles. The number of hydrogen-bond donors (Lipinski definition) is 0. The van der Waals surface area contributed by atoms with Crippen molar-refractivity contribution in [1.82, 2.24) is 0 Å². The van der Waals surface area contributed by atoms with Crippen LogP contribution < -0.4 is 0 Å². The molecule has 0 amide bonds. The van der Waals surface area contributed by atoms with Gasteiger partial charge >= 0.3 is 55.5 Å². The molecule has 0 saturated carbocycles. The van der Waals surface area contributed by atoms with Gasteiger partial charge in [-0.2, -0.15) is 0 Å². The van der Waals surface area contributed by atoms with Gasteiger partial charge < -0.3 is 0 Å². The molecule has 0 aromatic carbocycles. The van der Waals surface area contributed by atoms with Gasteiger partial charge in [0.25, 0.3) is 0 Å². The van der Waals surface area contributed by atoms with Crippen molar-refractivity contribution >= 4 is 55.5 Å². The third-order valence-electron chi connectivity index (χ3n) is 0. The van der Waals surface area contributed by atoms with E-state index in [0.717, 1.165) is 0 Å². The first-order valence-electron chi connectivity index (χ1n) is 0.333. The van der Waals surface area contributed by atoms with Crippen LogP contribution >= 0.6 is 6.81 Å². The van der Waals surface area contributed by atoms with Crippen molar-refractivity contribution in [2.75, 3.05) is 0 Å². The Balaban J connectivity index is -0.00000000500. The Labute approximate surface area is 75.3 Å². The standard InChI is InChI=1S/Bi.Mo.H2P.Sb.5H/h;;1H2;;;;;;/q;;-1;+1;;;;;. The average Bonchev–Trinajstić information content (AvgIpc) is 1.00. The molecule has 1 atom stereocenters. The second kappa shape index (κ2) is 17.0. The fraction of sp³-hybridized carbons (Fsp3) is 0.